The average molecular weight is 253 g/mol. The molecule has 2 aliphatic rings. The van der Waals surface area contributed by atoms with Crippen molar-refractivity contribution in [3.63, 3.8) is 0 Å². The van der Waals surface area contributed by atoms with Crippen LogP contribution in [-0.4, -0.2) is 61.2 Å². The van der Waals surface area contributed by atoms with Gasteiger partial charge in [-0.25, -0.2) is 0 Å². The van der Waals surface area contributed by atoms with E-state index < -0.39 is 0 Å². The molecular formula is C15H31N3. The zero-order valence-corrected chi connectivity index (χ0v) is 12.5. The number of rotatable bonds is 3. The quantitative estimate of drug-likeness (QED) is 0.827. The van der Waals surface area contributed by atoms with Crippen molar-refractivity contribution in [3.8, 4) is 0 Å². The summed E-state index contributed by atoms with van der Waals surface area (Å²) >= 11 is 0. The minimum atomic E-state index is 0.329. The molecule has 2 fully saturated rings. The van der Waals surface area contributed by atoms with E-state index in [1.807, 2.05) is 0 Å². The standard InChI is InChI=1S/C15H31N3/c1-14-5-4-9-17(10-6-14)13-15(2,3)18-11-7-16-8-12-18/h14,16H,4-13H2,1-3H3. The van der Waals surface area contributed by atoms with Gasteiger partial charge in [0.05, 0.1) is 0 Å². The number of likely N-dealkylation sites (tertiary alicyclic amines) is 1. The van der Waals surface area contributed by atoms with E-state index in [1.165, 1.54) is 52.0 Å². The van der Waals surface area contributed by atoms with Gasteiger partial charge in [-0.3, -0.25) is 4.90 Å². The second kappa shape index (κ2) is 6.36. The topological polar surface area (TPSA) is 18.5 Å². The van der Waals surface area contributed by atoms with Crippen molar-refractivity contribution in [1.82, 2.24) is 15.1 Å². The van der Waals surface area contributed by atoms with E-state index in [4.69, 9.17) is 0 Å². The molecule has 2 rings (SSSR count). The van der Waals surface area contributed by atoms with Crippen LogP contribution in [0.15, 0.2) is 0 Å². The predicted molar refractivity (Wildman–Crippen MR) is 78.0 cm³/mol. The van der Waals surface area contributed by atoms with Gasteiger partial charge >= 0.3 is 0 Å². The fourth-order valence-corrected chi connectivity index (χ4v) is 3.40. The Kier molecular flexibility index (Phi) is 5.05. The van der Waals surface area contributed by atoms with Crippen LogP contribution in [0.1, 0.15) is 40.0 Å². The first kappa shape index (κ1) is 14.3. The first-order valence-corrected chi connectivity index (χ1v) is 7.76. The Balaban J connectivity index is 1.85. The first-order chi connectivity index (χ1) is 8.58. The zero-order valence-electron chi connectivity index (χ0n) is 12.5. The van der Waals surface area contributed by atoms with Crippen molar-refractivity contribution in [2.24, 2.45) is 5.92 Å². The number of hydrogen-bond donors (Lipinski definition) is 1. The van der Waals surface area contributed by atoms with Crippen molar-refractivity contribution in [2.45, 2.75) is 45.6 Å². The number of nitrogens with zero attached hydrogens (tertiary/aromatic N) is 2. The molecule has 0 radical (unpaired) electrons. The van der Waals surface area contributed by atoms with Gasteiger partial charge in [-0.15, -0.1) is 0 Å². The van der Waals surface area contributed by atoms with Gasteiger partial charge in [0.25, 0.3) is 0 Å². The molecule has 106 valence electrons. The van der Waals surface area contributed by atoms with E-state index in [1.54, 1.807) is 0 Å². The van der Waals surface area contributed by atoms with Crippen molar-refractivity contribution >= 4 is 0 Å². The molecular weight excluding hydrogens is 222 g/mol. The molecule has 3 nitrogen and oxygen atoms in total. The van der Waals surface area contributed by atoms with Crippen molar-refractivity contribution in [3.05, 3.63) is 0 Å². The first-order valence-electron chi connectivity index (χ1n) is 7.76. The summed E-state index contributed by atoms with van der Waals surface area (Å²) in [5, 5.41) is 3.45. The Morgan fingerprint density at radius 3 is 2.50 bits per heavy atom. The Hall–Kier alpha value is -0.120. The Morgan fingerprint density at radius 1 is 1.06 bits per heavy atom. The van der Waals surface area contributed by atoms with Gasteiger partial charge in [-0.05, 0) is 52.1 Å². The molecule has 2 aliphatic heterocycles. The minimum absolute atomic E-state index is 0.329. The lowest BCUT2D eigenvalue weighted by molar-refractivity contribution is 0.0639. The minimum Gasteiger partial charge on any atom is -0.314 e. The van der Waals surface area contributed by atoms with E-state index in [-0.39, 0.29) is 0 Å². The lowest BCUT2D eigenvalue weighted by Gasteiger charge is -2.43. The predicted octanol–water partition coefficient (Wildman–Crippen LogP) is 1.79. The highest BCUT2D eigenvalue weighted by molar-refractivity contribution is 4.88. The molecule has 0 aromatic rings. The molecule has 2 heterocycles. The second-order valence-electron chi connectivity index (χ2n) is 6.86. The fraction of sp³-hybridized carbons (Fsp3) is 1.00. The van der Waals surface area contributed by atoms with Gasteiger partial charge in [0.2, 0.25) is 0 Å². The van der Waals surface area contributed by atoms with Crippen LogP contribution >= 0.6 is 0 Å². The summed E-state index contributed by atoms with van der Waals surface area (Å²) in [6, 6.07) is 0. The van der Waals surface area contributed by atoms with Gasteiger partial charge in [0.1, 0.15) is 0 Å². The van der Waals surface area contributed by atoms with E-state index in [9.17, 15) is 0 Å². The van der Waals surface area contributed by atoms with Crippen LogP contribution in [0.4, 0.5) is 0 Å². The monoisotopic (exact) mass is 253 g/mol. The fourth-order valence-electron chi connectivity index (χ4n) is 3.40. The maximum atomic E-state index is 3.45. The molecule has 3 heteroatoms. The van der Waals surface area contributed by atoms with Crippen LogP contribution in [-0.2, 0) is 0 Å². The average Bonchev–Trinajstić information content (AvgIpc) is 2.55. The molecule has 0 spiro atoms. The molecule has 0 amide bonds. The smallest absolute Gasteiger partial charge is 0.0281 e. The molecule has 1 unspecified atom stereocenters. The Labute approximate surface area is 113 Å². The van der Waals surface area contributed by atoms with Crippen molar-refractivity contribution < 1.29 is 0 Å². The number of nitrogens with one attached hydrogen (secondary N) is 1. The molecule has 1 N–H and O–H groups in total. The summed E-state index contributed by atoms with van der Waals surface area (Å²) in [7, 11) is 0. The molecule has 0 bridgehead atoms. The highest BCUT2D eigenvalue weighted by Gasteiger charge is 2.30. The van der Waals surface area contributed by atoms with E-state index >= 15 is 0 Å². The maximum absolute atomic E-state index is 3.45. The zero-order chi connectivity index (χ0) is 13.0. The number of piperazine rings is 1. The maximum Gasteiger partial charge on any atom is 0.0281 e. The van der Waals surface area contributed by atoms with Crippen LogP contribution in [0.3, 0.4) is 0 Å². The molecule has 0 saturated carbocycles. The van der Waals surface area contributed by atoms with Gasteiger partial charge in [-0.2, -0.15) is 0 Å². The molecule has 0 aliphatic carbocycles. The molecule has 2 saturated heterocycles. The third kappa shape index (κ3) is 3.94. The summed E-state index contributed by atoms with van der Waals surface area (Å²) in [6.45, 7) is 15.8. The van der Waals surface area contributed by atoms with Crippen LogP contribution in [0.25, 0.3) is 0 Å². The normalized spacial score (nSPS) is 29.2. The summed E-state index contributed by atoms with van der Waals surface area (Å²) in [4.78, 5) is 5.36. The third-order valence-corrected chi connectivity index (χ3v) is 4.69. The van der Waals surface area contributed by atoms with Gasteiger partial charge < -0.3 is 10.2 Å². The molecule has 1 atom stereocenters. The summed E-state index contributed by atoms with van der Waals surface area (Å²) < 4.78 is 0. The number of hydrogen-bond acceptors (Lipinski definition) is 3. The molecule has 0 aromatic carbocycles. The Morgan fingerprint density at radius 2 is 1.78 bits per heavy atom. The van der Waals surface area contributed by atoms with Gasteiger partial charge in [0, 0.05) is 38.3 Å². The summed E-state index contributed by atoms with van der Waals surface area (Å²) in [5.74, 6) is 0.928. The lowest BCUT2D eigenvalue weighted by Crippen LogP contribution is -2.57. The second-order valence-corrected chi connectivity index (χ2v) is 6.86. The van der Waals surface area contributed by atoms with Crippen LogP contribution in [0.5, 0.6) is 0 Å². The van der Waals surface area contributed by atoms with Crippen LogP contribution in [0.2, 0.25) is 0 Å². The lowest BCUT2D eigenvalue weighted by atomic mass is 10.0. The van der Waals surface area contributed by atoms with Crippen molar-refractivity contribution in [1.29, 1.82) is 0 Å². The SMILES string of the molecule is CC1CCCN(CC(C)(C)N2CCNCC2)CC1. The third-order valence-electron chi connectivity index (χ3n) is 4.69. The van der Waals surface area contributed by atoms with E-state index in [0.717, 1.165) is 19.0 Å². The van der Waals surface area contributed by atoms with Gasteiger partial charge in [0.15, 0.2) is 0 Å². The van der Waals surface area contributed by atoms with E-state index in [2.05, 4.69) is 35.9 Å². The van der Waals surface area contributed by atoms with Crippen LogP contribution < -0.4 is 5.32 Å². The molecule has 18 heavy (non-hydrogen) atoms. The summed E-state index contributed by atoms with van der Waals surface area (Å²) in [6.07, 6.45) is 4.20. The highest BCUT2D eigenvalue weighted by atomic mass is 15.3. The molecule has 0 aromatic heterocycles. The Bertz CT molecular complexity index is 246. The summed E-state index contributed by atoms with van der Waals surface area (Å²) in [5.41, 5.74) is 0.329. The van der Waals surface area contributed by atoms with E-state index in [0.29, 0.717) is 5.54 Å². The van der Waals surface area contributed by atoms with Crippen molar-refractivity contribution in [2.75, 3.05) is 45.8 Å². The van der Waals surface area contributed by atoms with Gasteiger partial charge in [-0.1, -0.05) is 6.92 Å². The largest absolute Gasteiger partial charge is 0.314 e. The highest BCUT2D eigenvalue weighted by Crippen LogP contribution is 2.21. The van der Waals surface area contributed by atoms with Crippen LogP contribution in [0, 0.1) is 5.92 Å².